The predicted octanol–water partition coefficient (Wildman–Crippen LogP) is -0.328. The van der Waals surface area contributed by atoms with Gasteiger partial charge in [0.2, 0.25) is 5.95 Å². The molecule has 9 nitrogen and oxygen atoms in total. The van der Waals surface area contributed by atoms with Crippen molar-refractivity contribution < 1.29 is 9.47 Å². The molecule has 0 saturated carbocycles. The van der Waals surface area contributed by atoms with Gasteiger partial charge in [0.15, 0.2) is 0 Å². The minimum Gasteiger partial charge on any atom is -0.467 e. The van der Waals surface area contributed by atoms with Crippen LogP contribution in [0.3, 0.4) is 0 Å². The first-order chi connectivity index (χ1) is 9.22. The second kappa shape index (κ2) is 5.94. The largest absolute Gasteiger partial charge is 0.467 e. The summed E-state index contributed by atoms with van der Waals surface area (Å²) in [5, 5.41) is 10.8. The summed E-state index contributed by atoms with van der Waals surface area (Å²) >= 11 is 0. The Morgan fingerprint density at radius 3 is 2.37 bits per heavy atom. The maximum Gasteiger partial charge on any atom is 0.324 e. The van der Waals surface area contributed by atoms with E-state index >= 15 is 0 Å². The fourth-order valence-electron chi connectivity index (χ4n) is 1.42. The lowest BCUT2D eigenvalue weighted by atomic mass is 10.4. The summed E-state index contributed by atoms with van der Waals surface area (Å²) in [5.74, 6) is 1.27. The van der Waals surface area contributed by atoms with Crippen molar-refractivity contribution in [2.24, 2.45) is 7.05 Å². The van der Waals surface area contributed by atoms with Crippen molar-refractivity contribution in [2.75, 3.05) is 26.1 Å². The molecule has 0 aliphatic carbocycles. The van der Waals surface area contributed by atoms with Crippen molar-refractivity contribution in [1.29, 1.82) is 0 Å². The summed E-state index contributed by atoms with van der Waals surface area (Å²) in [6, 6.07) is 0.404. The van der Waals surface area contributed by atoms with Crippen LogP contribution in [-0.2, 0) is 13.5 Å². The normalized spacial score (nSPS) is 10.3. The molecule has 2 aromatic heterocycles. The summed E-state index contributed by atoms with van der Waals surface area (Å²) in [4.78, 5) is 12.0. The van der Waals surface area contributed by atoms with Gasteiger partial charge in [-0.2, -0.15) is 9.97 Å². The summed E-state index contributed by atoms with van der Waals surface area (Å²) in [6.45, 7) is 0.614. The highest BCUT2D eigenvalue weighted by Crippen LogP contribution is 2.11. The van der Waals surface area contributed by atoms with Crippen LogP contribution >= 0.6 is 0 Å². The molecular formula is C10H15N7O2. The van der Waals surface area contributed by atoms with Gasteiger partial charge in [0.05, 0.1) is 14.2 Å². The van der Waals surface area contributed by atoms with Crippen LogP contribution in [0.4, 0.5) is 5.95 Å². The van der Waals surface area contributed by atoms with Crippen molar-refractivity contribution >= 4 is 5.95 Å². The molecule has 2 heterocycles. The molecule has 0 aliphatic rings. The molecule has 0 amide bonds. The van der Waals surface area contributed by atoms with E-state index in [1.807, 2.05) is 11.6 Å². The highest BCUT2D eigenvalue weighted by atomic mass is 16.5. The Kier molecular flexibility index (Phi) is 4.06. The molecular weight excluding hydrogens is 250 g/mol. The molecule has 2 rings (SSSR count). The van der Waals surface area contributed by atoms with E-state index in [1.165, 1.54) is 14.2 Å². The minimum absolute atomic E-state index is 0.202. The summed E-state index contributed by atoms with van der Waals surface area (Å²) in [6.07, 6.45) is 2.36. The minimum atomic E-state index is 0.202. The van der Waals surface area contributed by atoms with E-state index in [9.17, 15) is 0 Å². The first kappa shape index (κ1) is 13.0. The number of hydrogen-bond donors (Lipinski definition) is 1. The number of hydrogen-bond acceptors (Lipinski definition) is 8. The van der Waals surface area contributed by atoms with Gasteiger partial charge in [0.1, 0.15) is 12.2 Å². The maximum absolute atomic E-state index is 4.96. The molecule has 0 radical (unpaired) electrons. The number of aryl methyl sites for hydroxylation is 1. The number of nitrogens with one attached hydrogen (secondary N) is 1. The fourth-order valence-corrected chi connectivity index (χ4v) is 1.42. The average Bonchev–Trinajstić information content (AvgIpc) is 2.84. The smallest absolute Gasteiger partial charge is 0.324 e. The Hall–Kier alpha value is -2.45. The topological polar surface area (TPSA) is 99.9 Å². The van der Waals surface area contributed by atoms with Gasteiger partial charge in [0, 0.05) is 20.0 Å². The van der Waals surface area contributed by atoms with Gasteiger partial charge < -0.3 is 19.4 Å². The lowest BCUT2D eigenvalue weighted by Gasteiger charge is -2.07. The summed E-state index contributed by atoms with van der Waals surface area (Å²) < 4.78 is 11.8. The van der Waals surface area contributed by atoms with Crippen molar-refractivity contribution in [3.05, 3.63) is 12.2 Å². The third kappa shape index (κ3) is 3.27. The Balaban J connectivity index is 1.97. The molecule has 0 spiro atoms. The zero-order valence-electron chi connectivity index (χ0n) is 11.0. The Morgan fingerprint density at radius 1 is 1.16 bits per heavy atom. The monoisotopic (exact) mass is 265 g/mol. The number of aromatic nitrogens is 6. The van der Waals surface area contributed by atoms with Crippen molar-refractivity contribution in [2.45, 2.75) is 6.42 Å². The molecule has 0 fully saturated rings. The standard InChI is InChI=1S/C10H15N7O2/c1-17-6-12-16-7(17)4-5-11-8-13-9(18-2)15-10(14-8)19-3/h6H,4-5H2,1-3H3,(H,11,13,14,15). The first-order valence-corrected chi connectivity index (χ1v) is 5.63. The van der Waals surface area contributed by atoms with Gasteiger partial charge in [-0.3, -0.25) is 0 Å². The van der Waals surface area contributed by atoms with E-state index in [4.69, 9.17) is 9.47 Å². The number of ether oxygens (including phenoxy) is 2. The quantitative estimate of drug-likeness (QED) is 0.758. The van der Waals surface area contributed by atoms with E-state index in [2.05, 4.69) is 30.5 Å². The summed E-state index contributed by atoms with van der Waals surface area (Å²) in [7, 11) is 4.86. The summed E-state index contributed by atoms with van der Waals surface area (Å²) in [5.41, 5.74) is 0. The van der Waals surface area contributed by atoms with Gasteiger partial charge in [-0.05, 0) is 0 Å². The molecule has 0 aliphatic heterocycles. The maximum atomic E-state index is 4.96. The number of anilines is 1. The van der Waals surface area contributed by atoms with E-state index in [0.717, 1.165) is 5.82 Å². The van der Waals surface area contributed by atoms with Crippen LogP contribution in [0, 0.1) is 0 Å². The number of nitrogens with zero attached hydrogens (tertiary/aromatic N) is 6. The van der Waals surface area contributed by atoms with E-state index in [1.54, 1.807) is 6.33 Å². The number of methoxy groups -OCH3 is 2. The van der Waals surface area contributed by atoms with Crippen LogP contribution in [-0.4, -0.2) is 50.5 Å². The van der Waals surface area contributed by atoms with Crippen molar-refractivity contribution in [3.63, 3.8) is 0 Å². The SMILES string of the molecule is COc1nc(NCCc2nncn2C)nc(OC)n1. The van der Waals surface area contributed by atoms with E-state index < -0.39 is 0 Å². The van der Waals surface area contributed by atoms with Crippen LogP contribution in [0.15, 0.2) is 6.33 Å². The molecule has 0 atom stereocenters. The molecule has 19 heavy (non-hydrogen) atoms. The Labute approximate surface area is 110 Å². The van der Waals surface area contributed by atoms with Gasteiger partial charge in [0.25, 0.3) is 0 Å². The fraction of sp³-hybridized carbons (Fsp3) is 0.500. The molecule has 2 aromatic rings. The van der Waals surface area contributed by atoms with Gasteiger partial charge >= 0.3 is 12.0 Å². The van der Waals surface area contributed by atoms with E-state index in [0.29, 0.717) is 18.9 Å². The van der Waals surface area contributed by atoms with Crippen LogP contribution in [0.5, 0.6) is 12.0 Å². The van der Waals surface area contributed by atoms with Crippen LogP contribution in [0.1, 0.15) is 5.82 Å². The zero-order chi connectivity index (χ0) is 13.7. The highest BCUT2D eigenvalue weighted by molar-refractivity contribution is 5.27. The first-order valence-electron chi connectivity index (χ1n) is 5.63. The zero-order valence-corrected chi connectivity index (χ0v) is 11.0. The van der Waals surface area contributed by atoms with Crippen LogP contribution in [0.25, 0.3) is 0 Å². The van der Waals surface area contributed by atoms with Gasteiger partial charge in [-0.15, -0.1) is 15.2 Å². The molecule has 1 N–H and O–H groups in total. The lowest BCUT2D eigenvalue weighted by molar-refractivity contribution is 0.341. The highest BCUT2D eigenvalue weighted by Gasteiger charge is 2.07. The second-order valence-electron chi connectivity index (χ2n) is 3.67. The van der Waals surface area contributed by atoms with Crippen molar-refractivity contribution in [1.82, 2.24) is 29.7 Å². The average molecular weight is 265 g/mol. The van der Waals surface area contributed by atoms with Gasteiger partial charge in [-0.25, -0.2) is 0 Å². The molecule has 0 unspecified atom stereocenters. The van der Waals surface area contributed by atoms with Crippen molar-refractivity contribution in [3.8, 4) is 12.0 Å². The molecule has 102 valence electrons. The number of rotatable bonds is 6. The van der Waals surface area contributed by atoms with Crippen LogP contribution < -0.4 is 14.8 Å². The second-order valence-corrected chi connectivity index (χ2v) is 3.67. The third-order valence-corrected chi connectivity index (χ3v) is 2.40. The van der Waals surface area contributed by atoms with E-state index in [-0.39, 0.29) is 12.0 Å². The predicted molar refractivity (Wildman–Crippen MR) is 66.1 cm³/mol. The molecule has 9 heteroatoms. The Bertz CT molecular complexity index is 520. The molecule has 0 saturated heterocycles. The lowest BCUT2D eigenvalue weighted by Crippen LogP contribution is -2.12. The third-order valence-electron chi connectivity index (χ3n) is 2.40. The van der Waals surface area contributed by atoms with Gasteiger partial charge in [-0.1, -0.05) is 0 Å². The molecule has 0 aromatic carbocycles. The molecule has 0 bridgehead atoms. The van der Waals surface area contributed by atoms with Crippen LogP contribution in [0.2, 0.25) is 0 Å². The Morgan fingerprint density at radius 2 is 1.84 bits per heavy atom.